The number of hydrogen-bond donors (Lipinski definition) is 0. The van der Waals surface area contributed by atoms with Crippen molar-refractivity contribution in [1.82, 2.24) is 19.4 Å². The number of hydrogen-bond acceptors (Lipinski definition) is 4. The number of benzene rings is 2. The second-order valence-corrected chi connectivity index (χ2v) is 11.3. The summed E-state index contributed by atoms with van der Waals surface area (Å²) < 4.78 is 2.54. The summed E-state index contributed by atoms with van der Waals surface area (Å²) in [6.07, 6.45) is 10.3. The van der Waals surface area contributed by atoms with Crippen molar-refractivity contribution >= 4 is 22.9 Å². The van der Waals surface area contributed by atoms with E-state index in [2.05, 4.69) is 69.0 Å². The molecule has 37 heavy (non-hydrogen) atoms. The summed E-state index contributed by atoms with van der Waals surface area (Å²) in [6.45, 7) is 7.17. The minimum Gasteiger partial charge on any atom is -0.339 e. The number of nitrogens with zero attached hydrogens (tertiary/aromatic N) is 5. The number of aromatic nitrogens is 2. The van der Waals surface area contributed by atoms with E-state index in [0.717, 1.165) is 63.6 Å². The maximum atomic E-state index is 11.9. The zero-order valence-corrected chi connectivity index (χ0v) is 22.3. The fraction of sp³-hybridized carbons (Fsp3) is 0.548. The Kier molecular flexibility index (Phi) is 6.94. The van der Waals surface area contributed by atoms with Crippen molar-refractivity contribution in [2.75, 3.05) is 44.2 Å². The van der Waals surface area contributed by atoms with Crippen molar-refractivity contribution in [3.8, 4) is 0 Å². The number of piperazine rings is 1. The molecular formula is C31H41N5O. The van der Waals surface area contributed by atoms with Gasteiger partial charge in [0.25, 0.3) is 0 Å². The minimum absolute atomic E-state index is 0.173. The van der Waals surface area contributed by atoms with E-state index in [1.807, 2.05) is 4.90 Å². The van der Waals surface area contributed by atoms with E-state index in [1.54, 1.807) is 6.92 Å². The average Bonchev–Trinajstić information content (AvgIpc) is 3.15. The van der Waals surface area contributed by atoms with Gasteiger partial charge in [0.05, 0.1) is 11.0 Å². The molecule has 2 saturated heterocycles. The van der Waals surface area contributed by atoms with E-state index in [1.165, 1.54) is 49.6 Å². The van der Waals surface area contributed by atoms with Crippen LogP contribution in [0, 0.1) is 0 Å². The van der Waals surface area contributed by atoms with Crippen LogP contribution in [-0.4, -0.2) is 64.5 Å². The quantitative estimate of drug-likeness (QED) is 0.439. The van der Waals surface area contributed by atoms with Crippen LogP contribution >= 0.6 is 0 Å². The highest BCUT2D eigenvalue weighted by Gasteiger charge is 2.41. The molecule has 3 heterocycles. The molecule has 0 spiro atoms. The Balaban J connectivity index is 1.26. The van der Waals surface area contributed by atoms with Crippen molar-refractivity contribution in [3.05, 3.63) is 60.2 Å². The molecule has 196 valence electrons. The number of fused-ring (bicyclic) bond motifs is 1. The Hall–Kier alpha value is -2.86. The monoisotopic (exact) mass is 499 g/mol. The molecular weight excluding hydrogens is 458 g/mol. The van der Waals surface area contributed by atoms with E-state index in [9.17, 15) is 4.79 Å². The lowest BCUT2D eigenvalue weighted by Gasteiger charge is -2.48. The van der Waals surface area contributed by atoms with Gasteiger partial charge in [0.2, 0.25) is 11.9 Å². The third kappa shape index (κ3) is 4.65. The molecule has 3 fully saturated rings. The van der Waals surface area contributed by atoms with Gasteiger partial charge >= 0.3 is 0 Å². The molecule has 2 aromatic carbocycles. The normalized spacial score (nSPS) is 21.8. The Labute approximate surface area is 221 Å². The van der Waals surface area contributed by atoms with Crippen LogP contribution in [0.2, 0.25) is 0 Å². The number of piperidine rings is 1. The summed E-state index contributed by atoms with van der Waals surface area (Å²) in [7, 11) is 0. The predicted molar refractivity (Wildman–Crippen MR) is 150 cm³/mol. The van der Waals surface area contributed by atoms with Crippen LogP contribution in [0.4, 0.5) is 5.95 Å². The Morgan fingerprint density at radius 3 is 2.14 bits per heavy atom. The molecule has 1 aromatic heterocycles. The van der Waals surface area contributed by atoms with Gasteiger partial charge in [-0.1, -0.05) is 68.1 Å². The van der Waals surface area contributed by atoms with Gasteiger partial charge in [-0.15, -0.1) is 0 Å². The third-order valence-electron chi connectivity index (χ3n) is 9.26. The molecule has 3 aliphatic rings. The maximum absolute atomic E-state index is 11.9. The van der Waals surface area contributed by atoms with Gasteiger partial charge in [0, 0.05) is 57.8 Å². The van der Waals surface area contributed by atoms with Crippen molar-refractivity contribution in [2.45, 2.75) is 69.9 Å². The molecule has 3 aromatic rings. The highest BCUT2D eigenvalue weighted by molar-refractivity contribution is 5.79. The molecule has 0 atom stereocenters. The second-order valence-electron chi connectivity index (χ2n) is 11.3. The van der Waals surface area contributed by atoms with Gasteiger partial charge in [0.15, 0.2) is 0 Å². The SMILES string of the molecule is CC(=O)N1CCN(c2nc3ccccc3n2C2CCN(C3(c4ccccc4)CCCCCC3)CC2)CC1. The summed E-state index contributed by atoms with van der Waals surface area (Å²) in [4.78, 5) is 24.2. The largest absolute Gasteiger partial charge is 0.339 e. The van der Waals surface area contributed by atoms with Crippen molar-refractivity contribution in [1.29, 1.82) is 0 Å². The van der Waals surface area contributed by atoms with Crippen molar-refractivity contribution in [2.24, 2.45) is 0 Å². The summed E-state index contributed by atoms with van der Waals surface area (Å²) in [5.74, 6) is 1.27. The van der Waals surface area contributed by atoms with E-state index >= 15 is 0 Å². The third-order valence-corrected chi connectivity index (χ3v) is 9.26. The fourth-order valence-electron chi connectivity index (χ4n) is 7.24. The lowest BCUT2D eigenvalue weighted by molar-refractivity contribution is -0.129. The maximum Gasteiger partial charge on any atom is 0.219 e. The van der Waals surface area contributed by atoms with Gasteiger partial charge in [-0.3, -0.25) is 9.69 Å². The van der Waals surface area contributed by atoms with Crippen molar-refractivity contribution < 1.29 is 4.79 Å². The number of rotatable bonds is 4. The number of likely N-dealkylation sites (tertiary alicyclic amines) is 1. The van der Waals surface area contributed by atoms with Gasteiger partial charge in [-0.05, 0) is 43.4 Å². The molecule has 0 unspecified atom stereocenters. The first kappa shape index (κ1) is 24.5. The number of carbonyl (C=O) groups excluding carboxylic acids is 1. The van der Waals surface area contributed by atoms with Crippen molar-refractivity contribution in [3.63, 3.8) is 0 Å². The summed E-state index contributed by atoms with van der Waals surface area (Å²) >= 11 is 0. The topological polar surface area (TPSA) is 44.6 Å². The van der Waals surface area contributed by atoms with Crippen LogP contribution in [-0.2, 0) is 10.3 Å². The van der Waals surface area contributed by atoms with Crippen LogP contribution in [0.3, 0.4) is 0 Å². The zero-order chi connectivity index (χ0) is 25.2. The number of amides is 1. The van der Waals surface area contributed by atoms with E-state index in [0.29, 0.717) is 6.04 Å². The number of carbonyl (C=O) groups is 1. The lowest BCUT2D eigenvalue weighted by atomic mass is 9.79. The molecule has 6 rings (SSSR count). The highest BCUT2D eigenvalue weighted by atomic mass is 16.2. The van der Waals surface area contributed by atoms with Gasteiger partial charge in [-0.25, -0.2) is 4.98 Å². The van der Waals surface area contributed by atoms with Crippen LogP contribution in [0.25, 0.3) is 11.0 Å². The van der Waals surface area contributed by atoms with Gasteiger partial charge in [-0.2, -0.15) is 0 Å². The van der Waals surface area contributed by atoms with E-state index in [-0.39, 0.29) is 11.4 Å². The average molecular weight is 500 g/mol. The summed E-state index contributed by atoms with van der Waals surface area (Å²) in [5, 5.41) is 0. The molecule has 1 aliphatic carbocycles. The Bertz CT molecular complexity index is 1200. The molecule has 0 N–H and O–H groups in total. The fourth-order valence-corrected chi connectivity index (χ4v) is 7.24. The first-order valence-corrected chi connectivity index (χ1v) is 14.4. The second kappa shape index (κ2) is 10.5. The predicted octanol–water partition coefficient (Wildman–Crippen LogP) is 5.59. The summed E-state index contributed by atoms with van der Waals surface area (Å²) in [6, 6.07) is 20.4. The number of para-hydroxylation sites is 2. The van der Waals surface area contributed by atoms with E-state index < -0.39 is 0 Å². The van der Waals surface area contributed by atoms with Crippen LogP contribution in [0.15, 0.2) is 54.6 Å². The number of imidazole rings is 1. The van der Waals surface area contributed by atoms with E-state index in [4.69, 9.17) is 4.98 Å². The Morgan fingerprint density at radius 1 is 0.811 bits per heavy atom. The Morgan fingerprint density at radius 2 is 1.46 bits per heavy atom. The molecule has 6 nitrogen and oxygen atoms in total. The van der Waals surface area contributed by atoms with Crippen LogP contribution < -0.4 is 4.90 Å². The van der Waals surface area contributed by atoms with Crippen LogP contribution in [0.5, 0.6) is 0 Å². The van der Waals surface area contributed by atoms with Crippen LogP contribution in [0.1, 0.15) is 69.9 Å². The minimum atomic E-state index is 0.173. The molecule has 2 aliphatic heterocycles. The standard InChI is InChI=1S/C31H41N5O/c1-25(37)33-21-23-34(24-22-33)30-32-28-13-7-8-14-29(28)36(30)27-15-19-35(20-16-27)31(17-9-2-3-10-18-31)26-11-5-4-6-12-26/h4-8,11-14,27H,2-3,9-10,15-24H2,1H3. The molecule has 0 radical (unpaired) electrons. The molecule has 1 saturated carbocycles. The van der Waals surface area contributed by atoms with Gasteiger partial charge < -0.3 is 14.4 Å². The van der Waals surface area contributed by atoms with Gasteiger partial charge in [0.1, 0.15) is 0 Å². The smallest absolute Gasteiger partial charge is 0.219 e. The molecule has 6 heteroatoms. The highest BCUT2D eigenvalue weighted by Crippen LogP contribution is 2.44. The summed E-state index contributed by atoms with van der Waals surface area (Å²) in [5.41, 5.74) is 4.04. The first-order valence-electron chi connectivity index (χ1n) is 14.4. The first-order chi connectivity index (χ1) is 18.2. The molecule has 1 amide bonds. The molecule has 0 bridgehead atoms. The number of anilines is 1. The lowest BCUT2D eigenvalue weighted by Crippen LogP contribution is -2.50. The zero-order valence-electron chi connectivity index (χ0n) is 22.3.